The maximum Gasteiger partial charge on any atom is 0.262 e. The van der Waals surface area contributed by atoms with Crippen LogP contribution in [-0.2, 0) is 4.79 Å². The fourth-order valence-corrected chi connectivity index (χ4v) is 2.73. The van der Waals surface area contributed by atoms with E-state index in [1.165, 1.54) is 6.92 Å². The summed E-state index contributed by atoms with van der Waals surface area (Å²) in [7, 11) is 0. The molecule has 5 nitrogen and oxygen atoms in total. The average molecular weight is 354 g/mol. The summed E-state index contributed by atoms with van der Waals surface area (Å²) >= 11 is 0. The molecule has 0 aliphatic rings. The van der Waals surface area contributed by atoms with Crippen LogP contribution in [0.25, 0.3) is 0 Å². The Morgan fingerprint density at radius 3 is 2.38 bits per heavy atom. The summed E-state index contributed by atoms with van der Waals surface area (Å²) in [6.45, 7) is 8.73. The van der Waals surface area contributed by atoms with Gasteiger partial charge in [0.1, 0.15) is 5.75 Å². The molecular formula is C21H26N2O3. The third kappa shape index (κ3) is 5.34. The van der Waals surface area contributed by atoms with E-state index in [-0.39, 0.29) is 18.3 Å². The molecule has 0 bridgehead atoms. The standard InChI is InChI=1S/C21H26N2O3/c1-5-23(15(2)3)19-11-9-18(10-12-19)22-21(25)14-26-20-8-6-7-17(13-20)16(4)24/h6-13,15H,5,14H2,1-4H3,(H,22,25). The number of ether oxygens (including phenoxy) is 1. The smallest absolute Gasteiger partial charge is 0.262 e. The summed E-state index contributed by atoms with van der Waals surface area (Å²) in [5.41, 5.74) is 2.40. The van der Waals surface area contributed by atoms with Crippen LogP contribution in [0.15, 0.2) is 48.5 Å². The Hall–Kier alpha value is -2.82. The lowest BCUT2D eigenvalue weighted by Gasteiger charge is -2.27. The van der Waals surface area contributed by atoms with Gasteiger partial charge >= 0.3 is 0 Å². The lowest BCUT2D eigenvalue weighted by atomic mass is 10.1. The molecule has 2 aromatic carbocycles. The minimum Gasteiger partial charge on any atom is -0.484 e. The van der Waals surface area contributed by atoms with Gasteiger partial charge in [0.05, 0.1) is 0 Å². The Morgan fingerprint density at radius 1 is 1.12 bits per heavy atom. The van der Waals surface area contributed by atoms with Gasteiger partial charge in [0.15, 0.2) is 12.4 Å². The summed E-state index contributed by atoms with van der Waals surface area (Å²) in [6.07, 6.45) is 0. The molecule has 0 aliphatic heterocycles. The highest BCUT2D eigenvalue weighted by atomic mass is 16.5. The molecule has 26 heavy (non-hydrogen) atoms. The second kappa shape index (κ2) is 9.04. The lowest BCUT2D eigenvalue weighted by Crippen LogP contribution is -2.30. The molecule has 0 spiro atoms. The normalized spacial score (nSPS) is 10.5. The first kappa shape index (κ1) is 19.5. The monoisotopic (exact) mass is 354 g/mol. The van der Waals surface area contributed by atoms with E-state index in [0.29, 0.717) is 17.4 Å². The Labute approximate surface area is 155 Å². The van der Waals surface area contributed by atoms with Gasteiger partial charge in [0.25, 0.3) is 5.91 Å². The van der Waals surface area contributed by atoms with Crippen LogP contribution in [0.5, 0.6) is 5.75 Å². The quantitative estimate of drug-likeness (QED) is 0.724. The van der Waals surface area contributed by atoms with Crippen LogP contribution in [0, 0.1) is 0 Å². The second-order valence-corrected chi connectivity index (χ2v) is 6.35. The van der Waals surface area contributed by atoms with Crippen LogP contribution in [0.4, 0.5) is 11.4 Å². The number of Topliss-reactive ketones (excluding diaryl/α,β-unsaturated/α-hetero) is 1. The van der Waals surface area contributed by atoms with Crippen molar-refractivity contribution in [2.45, 2.75) is 33.7 Å². The molecule has 0 atom stereocenters. The van der Waals surface area contributed by atoms with Crippen LogP contribution in [-0.4, -0.2) is 30.9 Å². The first-order valence-corrected chi connectivity index (χ1v) is 8.81. The third-order valence-corrected chi connectivity index (χ3v) is 4.06. The zero-order chi connectivity index (χ0) is 19.1. The Morgan fingerprint density at radius 2 is 1.81 bits per heavy atom. The molecule has 0 fully saturated rings. The molecule has 0 radical (unpaired) electrons. The van der Waals surface area contributed by atoms with Crippen molar-refractivity contribution >= 4 is 23.1 Å². The van der Waals surface area contributed by atoms with Crippen molar-refractivity contribution in [3.63, 3.8) is 0 Å². The van der Waals surface area contributed by atoms with Gasteiger partial charge in [-0.3, -0.25) is 9.59 Å². The summed E-state index contributed by atoms with van der Waals surface area (Å²) in [5.74, 6) is 0.211. The Bertz CT molecular complexity index is 754. The van der Waals surface area contributed by atoms with Crippen molar-refractivity contribution in [3.05, 3.63) is 54.1 Å². The number of carbonyl (C=O) groups excluding carboxylic acids is 2. The van der Waals surface area contributed by atoms with Gasteiger partial charge in [-0.1, -0.05) is 12.1 Å². The van der Waals surface area contributed by atoms with E-state index < -0.39 is 0 Å². The number of anilines is 2. The molecule has 1 N–H and O–H groups in total. The minimum atomic E-state index is -0.248. The number of carbonyl (C=O) groups is 2. The molecule has 0 saturated heterocycles. The van der Waals surface area contributed by atoms with Crippen molar-refractivity contribution in [1.29, 1.82) is 0 Å². The minimum absolute atomic E-state index is 0.0393. The van der Waals surface area contributed by atoms with Crippen LogP contribution in [0.2, 0.25) is 0 Å². The van der Waals surface area contributed by atoms with Crippen molar-refractivity contribution in [2.24, 2.45) is 0 Å². The first-order chi connectivity index (χ1) is 12.4. The number of rotatable bonds is 8. The fourth-order valence-electron chi connectivity index (χ4n) is 2.73. The highest BCUT2D eigenvalue weighted by Crippen LogP contribution is 2.20. The van der Waals surface area contributed by atoms with E-state index in [2.05, 4.69) is 31.0 Å². The molecule has 0 aliphatic carbocycles. The summed E-state index contributed by atoms with van der Waals surface area (Å²) in [5, 5.41) is 2.81. The molecular weight excluding hydrogens is 328 g/mol. The van der Waals surface area contributed by atoms with Gasteiger partial charge in [0.2, 0.25) is 0 Å². The molecule has 0 aromatic heterocycles. The maximum absolute atomic E-state index is 12.1. The lowest BCUT2D eigenvalue weighted by molar-refractivity contribution is -0.118. The molecule has 1 amide bonds. The number of benzene rings is 2. The zero-order valence-electron chi connectivity index (χ0n) is 15.8. The van der Waals surface area contributed by atoms with Crippen LogP contribution < -0.4 is 15.0 Å². The Balaban J connectivity index is 1.91. The van der Waals surface area contributed by atoms with Gasteiger partial charge in [-0.25, -0.2) is 0 Å². The van der Waals surface area contributed by atoms with E-state index in [0.717, 1.165) is 17.9 Å². The predicted molar refractivity (Wildman–Crippen MR) is 105 cm³/mol. The van der Waals surface area contributed by atoms with Crippen molar-refractivity contribution < 1.29 is 14.3 Å². The van der Waals surface area contributed by atoms with E-state index >= 15 is 0 Å². The van der Waals surface area contributed by atoms with Crippen LogP contribution >= 0.6 is 0 Å². The molecule has 5 heteroatoms. The number of nitrogens with one attached hydrogen (secondary N) is 1. The maximum atomic E-state index is 12.1. The van der Waals surface area contributed by atoms with Crippen LogP contribution in [0.3, 0.4) is 0 Å². The topological polar surface area (TPSA) is 58.6 Å². The first-order valence-electron chi connectivity index (χ1n) is 8.81. The largest absolute Gasteiger partial charge is 0.484 e. The van der Waals surface area contributed by atoms with Gasteiger partial charge in [-0.05, 0) is 64.1 Å². The van der Waals surface area contributed by atoms with Crippen LogP contribution in [0.1, 0.15) is 38.1 Å². The number of ketones is 1. The van der Waals surface area contributed by atoms with Gasteiger partial charge in [-0.15, -0.1) is 0 Å². The second-order valence-electron chi connectivity index (χ2n) is 6.35. The molecule has 0 saturated carbocycles. The van der Waals surface area contributed by atoms with Gasteiger partial charge in [-0.2, -0.15) is 0 Å². The SMILES string of the molecule is CCN(c1ccc(NC(=O)COc2cccc(C(C)=O)c2)cc1)C(C)C. The molecule has 2 rings (SSSR count). The van der Waals surface area contributed by atoms with Crippen molar-refractivity contribution in [2.75, 3.05) is 23.4 Å². The summed E-state index contributed by atoms with van der Waals surface area (Å²) < 4.78 is 5.47. The zero-order valence-corrected chi connectivity index (χ0v) is 15.8. The molecule has 0 heterocycles. The van der Waals surface area contributed by atoms with Gasteiger partial charge < -0.3 is 15.0 Å². The molecule has 138 valence electrons. The van der Waals surface area contributed by atoms with Crippen molar-refractivity contribution in [1.82, 2.24) is 0 Å². The van der Waals surface area contributed by atoms with Crippen molar-refractivity contribution in [3.8, 4) is 5.75 Å². The van der Waals surface area contributed by atoms with E-state index in [9.17, 15) is 9.59 Å². The number of amides is 1. The van der Waals surface area contributed by atoms with E-state index in [1.807, 2.05) is 24.3 Å². The number of hydrogen-bond donors (Lipinski definition) is 1. The van der Waals surface area contributed by atoms with Gasteiger partial charge in [0, 0.05) is 29.5 Å². The Kier molecular flexibility index (Phi) is 6.78. The number of nitrogens with zero attached hydrogens (tertiary/aromatic N) is 1. The predicted octanol–water partition coefficient (Wildman–Crippen LogP) is 4.14. The molecule has 2 aromatic rings. The van der Waals surface area contributed by atoms with E-state index in [1.54, 1.807) is 24.3 Å². The highest BCUT2D eigenvalue weighted by molar-refractivity contribution is 5.94. The third-order valence-electron chi connectivity index (χ3n) is 4.06. The van der Waals surface area contributed by atoms with E-state index in [4.69, 9.17) is 4.74 Å². The highest BCUT2D eigenvalue weighted by Gasteiger charge is 2.09. The average Bonchev–Trinajstić information content (AvgIpc) is 2.62. The summed E-state index contributed by atoms with van der Waals surface area (Å²) in [6, 6.07) is 15.0. The fraction of sp³-hybridized carbons (Fsp3) is 0.333. The number of hydrogen-bond acceptors (Lipinski definition) is 4. The molecule has 0 unspecified atom stereocenters. The summed E-state index contributed by atoms with van der Waals surface area (Å²) in [4.78, 5) is 25.7.